The number of nitrogens with zero attached hydrogens (tertiary/aromatic N) is 1. The molecule has 0 aromatic heterocycles. The molecule has 0 spiro atoms. The number of anilines is 1. The lowest BCUT2D eigenvalue weighted by Crippen LogP contribution is -2.48. The number of piperidine rings is 1. The van der Waals surface area contributed by atoms with Crippen molar-refractivity contribution < 1.29 is 13.5 Å². The molecule has 1 saturated heterocycles. The third-order valence-corrected chi connectivity index (χ3v) is 4.01. The molecule has 1 unspecified atom stereocenters. The Hall–Kier alpha value is -0.870. The monoisotopic (exact) mass is 289 g/mol. The average Bonchev–Trinajstić information content (AvgIpc) is 2.38. The molecule has 2 rings (SSSR count). The molecule has 0 aliphatic carbocycles. The average molecular weight is 290 g/mol. The molecule has 2 nitrogen and oxygen atoms in total. The number of hydrogen-bond acceptors (Lipinski definition) is 2. The number of alkyl halides is 1. The normalized spacial score (nSPS) is 23.7. The third-order valence-electron chi connectivity index (χ3n) is 3.70. The molecule has 0 amide bonds. The van der Waals surface area contributed by atoms with Gasteiger partial charge in [0.05, 0.1) is 5.60 Å². The van der Waals surface area contributed by atoms with Crippen molar-refractivity contribution in [2.45, 2.75) is 31.2 Å². The molecule has 0 N–H and O–H groups in total. The van der Waals surface area contributed by atoms with Crippen molar-refractivity contribution >= 4 is 17.3 Å². The minimum Gasteiger partial charge on any atom is -0.377 e. The Bertz CT molecular complexity index is 446. The van der Waals surface area contributed by atoms with Crippen molar-refractivity contribution in [3.63, 3.8) is 0 Å². The number of halogens is 3. The number of benzene rings is 1. The van der Waals surface area contributed by atoms with Crippen molar-refractivity contribution in [1.82, 2.24) is 0 Å². The summed E-state index contributed by atoms with van der Waals surface area (Å²) in [6.45, 7) is 3.08. The van der Waals surface area contributed by atoms with Crippen molar-refractivity contribution in [2.24, 2.45) is 0 Å². The van der Waals surface area contributed by atoms with Gasteiger partial charge in [0.25, 0.3) is 0 Å². The lowest BCUT2D eigenvalue weighted by Gasteiger charge is -2.40. The number of hydrogen-bond donors (Lipinski definition) is 0. The minimum absolute atomic E-state index is 0.0249. The van der Waals surface area contributed by atoms with Crippen LogP contribution in [0.4, 0.5) is 14.5 Å². The Kier molecular flexibility index (Phi) is 4.31. The van der Waals surface area contributed by atoms with E-state index in [0.717, 1.165) is 12.8 Å². The Morgan fingerprint density at radius 1 is 1.37 bits per heavy atom. The van der Waals surface area contributed by atoms with Gasteiger partial charge in [0.15, 0.2) is 0 Å². The van der Waals surface area contributed by atoms with Gasteiger partial charge in [-0.25, -0.2) is 8.78 Å². The molecule has 1 aliphatic rings. The zero-order valence-electron chi connectivity index (χ0n) is 11.2. The van der Waals surface area contributed by atoms with E-state index in [-0.39, 0.29) is 17.2 Å². The molecule has 1 atom stereocenters. The first kappa shape index (κ1) is 14.5. The van der Waals surface area contributed by atoms with E-state index < -0.39 is 11.6 Å². The summed E-state index contributed by atoms with van der Waals surface area (Å²) in [7, 11) is 1.63. The molecule has 106 valence electrons. The highest BCUT2D eigenvalue weighted by molar-refractivity contribution is 6.17. The minimum atomic E-state index is -0.559. The third kappa shape index (κ3) is 3.00. The van der Waals surface area contributed by atoms with Crippen LogP contribution in [0.5, 0.6) is 0 Å². The standard InChI is InChI=1S/C14H18ClF2NO/c1-14(19-2)4-3-5-18(9-14)13-11(16)6-10(8-15)7-12(13)17/h6-7H,3-5,8-9H2,1-2H3. The Morgan fingerprint density at radius 2 is 2.00 bits per heavy atom. The van der Waals surface area contributed by atoms with Crippen LogP contribution in [-0.2, 0) is 10.6 Å². The van der Waals surface area contributed by atoms with E-state index in [4.69, 9.17) is 16.3 Å². The summed E-state index contributed by atoms with van der Waals surface area (Å²) in [4.78, 5) is 1.72. The zero-order chi connectivity index (χ0) is 14.0. The second kappa shape index (κ2) is 5.63. The molecule has 5 heteroatoms. The summed E-state index contributed by atoms with van der Waals surface area (Å²) < 4.78 is 33.6. The highest BCUT2D eigenvalue weighted by Crippen LogP contribution is 2.32. The van der Waals surface area contributed by atoms with Gasteiger partial charge in [-0.3, -0.25) is 0 Å². The van der Waals surface area contributed by atoms with Crippen molar-refractivity contribution in [2.75, 3.05) is 25.1 Å². The quantitative estimate of drug-likeness (QED) is 0.787. The maximum absolute atomic E-state index is 14.1. The summed E-state index contributed by atoms with van der Waals surface area (Å²) in [5, 5.41) is 0. The number of methoxy groups -OCH3 is 1. The van der Waals surface area contributed by atoms with E-state index in [0.29, 0.717) is 18.7 Å². The van der Waals surface area contributed by atoms with E-state index >= 15 is 0 Å². The second-order valence-corrected chi connectivity index (χ2v) is 5.49. The fourth-order valence-electron chi connectivity index (χ4n) is 2.56. The number of rotatable bonds is 3. The smallest absolute Gasteiger partial charge is 0.149 e. The van der Waals surface area contributed by atoms with Gasteiger partial charge in [-0.05, 0) is 37.5 Å². The first-order chi connectivity index (χ1) is 8.99. The fourth-order valence-corrected chi connectivity index (χ4v) is 2.71. The first-order valence-corrected chi connectivity index (χ1v) is 6.86. The summed E-state index contributed by atoms with van der Waals surface area (Å²) >= 11 is 5.61. The maximum atomic E-state index is 14.1. The van der Waals surface area contributed by atoms with Gasteiger partial charge in [-0.15, -0.1) is 11.6 Å². The maximum Gasteiger partial charge on any atom is 0.149 e. The molecule has 1 aromatic carbocycles. The van der Waals surface area contributed by atoms with Gasteiger partial charge in [0, 0.05) is 26.1 Å². The van der Waals surface area contributed by atoms with Gasteiger partial charge < -0.3 is 9.64 Å². The molecule has 0 saturated carbocycles. The van der Waals surface area contributed by atoms with Crippen LogP contribution >= 0.6 is 11.6 Å². The van der Waals surface area contributed by atoms with Gasteiger partial charge in [-0.2, -0.15) is 0 Å². The van der Waals surface area contributed by atoms with Crippen LogP contribution < -0.4 is 4.90 Å². The molecule has 0 bridgehead atoms. The van der Waals surface area contributed by atoms with Gasteiger partial charge in [0.2, 0.25) is 0 Å². The van der Waals surface area contributed by atoms with Crippen molar-refractivity contribution in [1.29, 1.82) is 0 Å². The van der Waals surface area contributed by atoms with Crippen molar-refractivity contribution in [3.05, 3.63) is 29.3 Å². The summed E-state index contributed by atoms with van der Waals surface area (Å²) in [6.07, 6.45) is 1.74. The van der Waals surface area contributed by atoms with Gasteiger partial charge in [-0.1, -0.05) is 0 Å². The van der Waals surface area contributed by atoms with Gasteiger partial charge in [0.1, 0.15) is 17.3 Å². The van der Waals surface area contributed by atoms with Crippen LogP contribution in [0.3, 0.4) is 0 Å². The molecular weight excluding hydrogens is 272 g/mol. The van der Waals surface area contributed by atoms with E-state index in [2.05, 4.69) is 0 Å². The highest BCUT2D eigenvalue weighted by Gasteiger charge is 2.33. The number of ether oxygens (including phenoxy) is 1. The molecule has 0 radical (unpaired) electrons. The van der Waals surface area contributed by atoms with Crippen LogP contribution in [0, 0.1) is 11.6 Å². The van der Waals surface area contributed by atoms with Crippen LogP contribution in [0.15, 0.2) is 12.1 Å². The molecule has 1 aromatic rings. The predicted molar refractivity (Wildman–Crippen MR) is 72.8 cm³/mol. The zero-order valence-corrected chi connectivity index (χ0v) is 11.9. The van der Waals surface area contributed by atoms with E-state index in [9.17, 15) is 8.78 Å². The highest BCUT2D eigenvalue weighted by atomic mass is 35.5. The van der Waals surface area contributed by atoms with E-state index in [1.807, 2.05) is 6.92 Å². The summed E-state index contributed by atoms with van der Waals surface area (Å²) in [5.74, 6) is -1.02. The van der Waals surface area contributed by atoms with Gasteiger partial charge >= 0.3 is 0 Å². The Labute approximate surface area is 117 Å². The second-order valence-electron chi connectivity index (χ2n) is 5.22. The first-order valence-electron chi connectivity index (χ1n) is 6.33. The fraction of sp³-hybridized carbons (Fsp3) is 0.571. The van der Waals surface area contributed by atoms with Crippen LogP contribution in [0.25, 0.3) is 0 Å². The Balaban J connectivity index is 2.31. The van der Waals surface area contributed by atoms with Crippen LogP contribution in [0.2, 0.25) is 0 Å². The molecule has 1 aliphatic heterocycles. The molecule has 1 heterocycles. The SMILES string of the molecule is COC1(C)CCCN(c2c(F)cc(CCl)cc2F)C1. The lowest BCUT2D eigenvalue weighted by molar-refractivity contribution is -0.00489. The lowest BCUT2D eigenvalue weighted by atomic mass is 9.94. The summed E-state index contributed by atoms with van der Waals surface area (Å²) in [5.41, 5.74) is 0.117. The molecule has 19 heavy (non-hydrogen) atoms. The molecule has 1 fully saturated rings. The van der Waals surface area contributed by atoms with Crippen molar-refractivity contribution in [3.8, 4) is 0 Å². The molecular formula is C14H18ClF2NO. The van der Waals surface area contributed by atoms with Crippen LogP contribution in [-0.4, -0.2) is 25.8 Å². The Morgan fingerprint density at radius 3 is 2.53 bits per heavy atom. The van der Waals surface area contributed by atoms with Crippen LogP contribution in [0.1, 0.15) is 25.3 Å². The largest absolute Gasteiger partial charge is 0.377 e. The predicted octanol–water partition coefficient (Wildman–Crippen LogP) is 3.71. The topological polar surface area (TPSA) is 12.5 Å². The summed E-state index contributed by atoms with van der Waals surface area (Å²) in [6, 6.07) is 2.59. The van der Waals surface area contributed by atoms with E-state index in [1.54, 1.807) is 12.0 Å². The van der Waals surface area contributed by atoms with E-state index in [1.165, 1.54) is 12.1 Å².